The molecule has 1 aliphatic rings. The largest absolute Gasteiger partial charge is 0.495 e. The maximum atomic E-state index is 12.0. The first-order chi connectivity index (χ1) is 9.06. The second-order valence-electron chi connectivity index (χ2n) is 4.70. The van der Waals surface area contributed by atoms with Crippen LogP contribution < -0.4 is 15.9 Å². The van der Waals surface area contributed by atoms with Crippen LogP contribution in [0.2, 0.25) is 0 Å². The zero-order valence-corrected chi connectivity index (χ0v) is 11.1. The van der Waals surface area contributed by atoms with Gasteiger partial charge in [0, 0.05) is 26.9 Å². The van der Waals surface area contributed by atoms with Crippen molar-refractivity contribution in [1.82, 2.24) is 9.55 Å². The van der Waals surface area contributed by atoms with Crippen molar-refractivity contribution < 1.29 is 14.8 Å². The summed E-state index contributed by atoms with van der Waals surface area (Å²) in [4.78, 5) is 18.2. The number of hydrogen-bond donors (Lipinski definition) is 2. The van der Waals surface area contributed by atoms with Gasteiger partial charge in [-0.05, 0) is 12.8 Å². The van der Waals surface area contributed by atoms with Gasteiger partial charge in [0.15, 0.2) is 0 Å². The highest BCUT2D eigenvalue weighted by atomic mass is 16.5. The number of anilines is 1. The lowest BCUT2D eigenvalue weighted by molar-refractivity contribution is 0.180. The lowest BCUT2D eigenvalue weighted by atomic mass is 9.82. The van der Waals surface area contributed by atoms with Gasteiger partial charge in [-0.25, -0.2) is 4.98 Å². The second kappa shape index (κ2) is 5.73. The Morgan fingerprint density at radius 3 is 2.95 bits per heavy atom. The molecule has 0 amide bonds. The summed E-state index contributed by atoms with van der Waals surface area (Å²) in [6.07, 6.45) is 3.24. The van der Waals surface area contributed by atoms with Gasteiger partial charge in [-0.3, -0.25) is 9.36 Å². The Morgan fingerprint density at radius 2 is 2.32 bits per heavy atom. The second-order valence-corrected chi connectivity index (χ2v) is 4.70. The van der Waals surface area contributed by atoms with E-state index in [0.29, 0.717) is 12.6 Å². The van der Waals surface area contributed by atoms with E-state index in [-0.39, 0.29) is 11.5 Å². The molecule has 2 heterocycles. The van der Waals surface area contributed by atoms with E-state index in [0.717, 1.165) is 19.4 Å². The molecule has 2 N–H and O–H groups in total. The molecule has 1 aromatic rings. The van der Waals surface area contributed by atoms with Crippen LogP contribution in [0.4, 0.5) is 5.95 Å². The maximum absolute atomic E-state index is 12.0. The normalized spacial score (nSPS) is 18.9. The number of methoxy groups -OCH3 is 1. The zero-order chi connectivity index (χ0) is 14.0. The number of rotatable bonds is 4. The van der Waals surface area contributed by atoms with E-state index in [1.807, 2.05) is 4.90 Å². The Balaban J connectivity index is 2.35. The highest BCUT2D eigenvalue weighted by molar-refractivity contribution is 6.58. The van der Waals surface area contributed by atoms with Crippen LogP contribution in [0.3, 0.4) is 0 Å². The smallest absolute Gasteiger partial charge is 0.423 e. The Hall–Kier alpha value is -1.38. The molecule has 19 heavy (non-hydrogen) atoms. The van der Waals surface area contributed by atoms with Crippen LogP contribution in [0, 0.1) is 0 Å². The molecule has 2 rings (SSSR count). The Bertz CT molecular complexity index is 505. The molecule has 8 heteroatoms. The van der Waals surface area contributed by atoms with E-state index in [2.05, 4.69) is 4.98 Å². The van der Waals surface area contributed by atoms with Gasteiger partial charge in [0.2, 0.25) is 5.95 Å². The fourth-order valence-corrected chi connectivity index (χ4v) is 2.46. The molecule has 0 unspecified atom stereocenters. The number of nitrogens with zero attached hydrogens (tertiary/aromatic N) is 3. The summed E-state index contributed by atoms with van der Waals surface area (Å²) in [6.45, 7) is 1.40. The molecule has 0 radical (unpaired) electrons. The fraction of sp³-hybridized carbons (Fsp3) is 0.636. The van der Waals surface area contributed by atoms with E-state index < -0.39 is 12.7 Å². The summed E-state index contributed by atoms with van der Waals surface area (Å²) >= 11 is 0. The average Bonchev–Trinajstić information content (AvgIpc) is 2.81. The number of hydrogen-bond acceptors (Lipinski definition) is 6. The molecule has 0 spiro atoms. The summed E-state index contributed by atoms with van der Waals surface area (Å²) in [5.41, 5.74) is -0.559. The predicted octanol–water partition coefficient (Wildman–Crippen LogP) is -1.92. The molecule has 104 valence electrons. The van der Waals surface area contributed by atoms with E-state index >= 15 is 0 Å². The Morgan fingerprint density at radius 1 is 1.58 bits per heavy atom. The minimum Gasteiger partial charge on any atom is -0.423 e. The third-order valence-corrected chi connectivity index (χ3v) is 3.44. The van der Waals surface area contributed by atoms with Crippen molar-refractivity contribution in [3.8, 4) is 0 Å². The molecule has 0 aliphatic carbocycles. The summed E-state index contributed by atoms with van der Waals surface area (Å²) in [5.74, 6) is 0.536. The van der Waals surface area contributed by atoms with Crippen LogP contribution >= 0.6 is 0 Å². The maximum Gasteiger partial charge on any atom is 0.495 e. The highest BCUT2D eigenvalue weighted by Gasteiger charge is 2.28. The van der Waals surface area contributed by atoms with Crippen LogP contribution in [0.25, 0.3) is 0 Å². The average molecular weight is 267 g/mol. The van der Waals surface area contributed by atoms with Gasteiger partial charge in [0.05, 0.1) is 18.1 Å². The van der Waals surface area contributed by atoms with Crippen LogP contribution in [-0.2, 0) is 11.8 Å². The molecule has 0 saturated carbocycles. The van der Waals surface area contributed by atoms with Gasteiger partial charge in [-0.1, -0.05) is 0 Å². The molecule has 1 aromatic heterocycles. The molecule has 0 bridgehead atoms. The third-order valence-electron chi connectivity index (χ3n) is 3.44. The molecule has 0 aromatic carbocycles. The van der Waals surface area contributed by atoms with Crippen molar-refractivity contribution in [2.24, 2.45) is 7.05 Å². The van der Waals surface area contributed by atoms with E-state index in [1.54, 1.807) is 14.2 Å². The van der Waals surface area contributed by atoms with Crippen molar-refractivity contribution in [2.75, 3.05) is 25.2 Å². The quantitative estimate of drug-likeness (QED) is 0.618. The minimum atomic E-state index is -1.80. The van der Waals surface area contributed by atoms with Gasteiger partial charge in [0.1, 0.15) is 0 Å². The van der Waals surface area contributed by atoms with Crippen LogP contribution in [0.1, 0.15) is 12.8 Å². The van der Waals surface area contributed by atoms with Crippen LogP contribution in [0.15, 0.2) is 11.0 Å². The zero-order valence-electron chi connectivity index (χ0n) is 11.1. The first-order valence-corrected chi connectivity index (χ1v) is 6.24. The summed E-state index contributed by atoms with van der Waals surface area (Å²) in [5, 5.41) is 18.2. The first-order valence-electron chi connectivity index (χ1n) is 6.24. The fourth-order valence-electron chi connectivity index (χ4n) is 2.46. The van der Waals surface area contributed by atoms with Crippen molar-refractivity contribution >= 4 is 18.5 Å². The number of aromatic nitrogens is 2. The predicted molar refractivity (Wildman–Crippen MR) is 71.5 cm³/mol. The Kier molecular flexibility index (Phi) is 4.23. The molecule has 1 fully saturated rings. The minimum absolute atomic E-state index is 0.117. The SMILES string of the molecule is COC[C@H]1CCCN1c1ncc(B(O)O)c(=O)n1C. The highest BCUT2D eigenvalue weighted by Crippen LogP contribution is 2.22. The number of ether oxygens (including phenoxy) is 1. The van der Waals surface area contributed by atoms with Gasteiger partial charge < -0.3 is 19.7 Å². The molecule has 1 atom stereocenters. The lowest BCUT2D eigenvalue weighted by Crippen LogP contribution is -2.48. The summed E-state index contributed by atoms with van der Waals surface area (Å²) in [6, 6.07) is 0.202. The molecule has 1 aliphatic heterocycles. The van der Waals surface area contributed by atoms with E-state index in [1.165, 1.54) is 10.8 Å². The van der Waals surface area contributed by atoms with Gasteiger partial charge in [-0.15, -0.1) is 0 Å². The van der Waals surface area contributed by atoms with Crippen molar-refractivity contribution in [3.05, 3.63) is 16.6 Å². The monoisotopic (exact) mass is 267 g/mol. The van der Waals surface area contributed by atoms with E-state index in [4.69, 9.17) is 14.8 Å². The van der Waals surface area contributed by atoms with E-state index in [9.17, 15) is 4.79 Å². The molecular formula is C11H18BN3O4. The Labute approximate surface area is 111 Å². The standard InChI is InChI=1S/C11H18BN3O4/c1-14-10(16)9(12(17)18)6-13-11(14)15-5-3-4-8(15)7-19-2/h6,8,17-18H,3-5,7H2,1-2H3/t8-/m1/s1. The molecule has 7 nitrogen and oxygen atoms in total. The van der Waals surface area contributed by atoms with Crippen molar-refractivity contribution in [3.63, 3.8) is 0 Å². The van der Waals surface area contributed by atoms with Crippen molar-refractivity contribution in [1.29, 1.82) is 0 Å². The topological polar surface area (TPSA) is 87.8 Å². The van der Waals surface area contributed by atoms with Gasteiger partial charge in [0.25, 0.3) is 5.56 Å². The summed E-state index contributed by atoms with van der Waals surface area (Å²) in [7, 11) is 1.43. The van der Waals surface area contributed by atoms with Crippen LogP contribution in [0.5, 0.6) is 0 Å². The summed E-state index contributed by atoms with van der Waals surface area (Å²) < 4.78 is 6.52. The van der Waals surface area contributed by atoms with Crippen molar-refractivity contribution in [2.45, 2.75) is 18.9 Å². The first kappa shape index (κ1) is 14.0. The third kappa shape index (κ3) is 2.65. The lowest BCUT2D eigenvalue weighted by Gasteiger charge is -2.26. The molecule has 1 saturated heterocycles. The van der Waals surface area contributed by atoms with Gasteiger partial charge >= 0.3 is 7.12 Å². The van der Waals surface area contributed by atoms with Gasteiger partial charge in [-0.2, -0.15) is 0 Å². The molecular weight excluding hydrogens is 249 g/mol. The van der Waals surface area contributed by atoms with Crippen LogP contribution in [-0.4, -0.2) is 53.0 Å².